The first-order valence-corrected chi connectivity index (χ1v) is 4.98. The van der Waals surface area contributed by atoms with Crippen LogP contribution in [-0.2, 0) is 19.1 Å². The number of carboxylic acids is 1. The molecule has 0 fully saturated rings. The lowest BCUT2D eigenvalue weighted by Gasteiger charge is -2.16. The zero-order valence-corrected chi connectivity index (χ0v) is 9.62. The van der Waals surface area contributed by atoms with Crippen LogP contribution in [0.3, 0.4) is 0 Å². The molecule has 100 valence electrons. The number of hydrogen-bond acceptors (Lipinski definition) is 4. The third-order valence-electron chi connectivity index (χ3n) is 2.04. The molecule has 18 heavy (non-hydrogen) atoms. The lowest BCUT2D eigenvalue weighted by atomic mass is 10.1. The van der Waals surface area contributed by atoms with Gasteiger partial charge < -0.3 is 20.7 Å². The molecule has 2 N–H and O–H groups in total. The van der Waals surface area contributed by atoms with Crippen LogP contribution in [0, 0.1) is 0 Å². The molecular weight excluding hydrogens is 242 g/mol. The SMILES string of the molecule is [2H]C([2H])([2H])O[C@@H](C)C(=O)N[C@@H](CCC(=O)C=[N+]=[N-])C(=O)O. The summed E-state index contributed by atoms with van der Waals surface area (Å²) in [6, 6.07) is -1.39. The molecule has 1 amide bonds. The van der Waals surface area contributed by atoms with E-state index in [0.29, 0.717) is 6.21 Å². The van der Waals surface area contributed by atoms with Crippen LogP contribution >= 0.6 is 0 Å². The van der Waals surface area contributed by atoms with Gasteiger partial charge in [0.2, 0.25) is 11.7 Å². The summed E-state index contributed by atoms with van der Waals surface area (Å²) in [5, 5.41) is 11.0. The Hall–Kier alpha value is -2.05. The van der Waals surface area contributed by atoms with Crippen molar-refractivity contribution in [3.8, 4) is 0 Å². The van der Waals surface area contributed by atoms with Gasteiger partial charge in [-0.25, -0.2) is 4.79 Å². The summed E-state index contributed by atoms with van der Waals surface area (Å²) in [6.07, 6.45) is -1.28. The minimum absolute atomic E-state index is 0.244. The summed E-state index contributed by atoms with van der Waals surface area (Å²) < 4.78 is 24.9. The average Bonchev–Trinajstić information content (AvgIpc) is 2.31. The third kappa shape index (κ3) is 5.88. The lowest BCUT2D eigenvalue weighted by Crippen LogP contribution is -2.45. The molecule has 0 rings (SSSR count). The number of aliphatic carboxylic acids is 1. The summed E-state index contributed by atoms with van der Waals surface area (Å²) in [7, 11) is -2.79. The average molecular weight is 260 g/mol. The van der Waals surface area contributed by atoms with E-state index in [-0.39, 0.29) is 12.8 Å². The van der Waals surface area contributed by atoms with Crippen LogP contribution in [0.15, 0.2) is 0 Å². The predicted octanol–water partition coefficient (Wildman–Crippen LogP) is -0.759. The molecule has 0 saturated carbocycles. The van der Waals surface area contributed by atoms with Crippen LogP contribution in [0.2, 0.25) is 0 Å². The number of carbonyl (C=O) groups excluding carboxylic acids is 2. The van der Waals surface area contributed by atoms with Gasteiger partial charge in [-0.2, -0.15) is 4.79 Å². The van der Waals surface area contributed by atoms with Crippen LogP contribution in [0.4, 0.5) is 0 Å². The second-order valence-electron chi connectivity index (χ2n) is 3.41. The molecule has 0 aliphatic carbocycles. The molecule has 0 bridgehead atoms. The van der Waals surface area contributed by atoms with Gasteiger partial charge in [0.25, 0.3) is 0 Å². The Bertz CT molecular complexity index is 459. The molecule has 0 aromatic heterocycles. The van der Waals surface area contributed by atoms with Crippen molar-refractivity contribution in [3.05, 3.63) is 5.53 Å². The number of nitrogens with one attached hydrogen (secondary N) is 1. The fourth-order valence-electron chi connectivity index (χ4n) is 1.02. The molecule has 2 atom stereocenters. The summed E-state index contributed by atoms with van der Waals surface area (Å²) in [4.78, 5) is 36.1. The number of rotatable bonds is 8. The normalized spacial score (nSPS) is 16.2. The first-order chi connectivity index (χ1) is 9.56. The first kappa shape index (κ1) is 11.1. The number of ether oxygens (including phenoxy) is 1. The van der Waals surface area contributed by atoms with Crippen molar-refractivity contribution in [1.29, 1.82) is 0 Å². The van der Waals surface area contributed by atoms with Crippen molar-refractivity contribution >= 4 is 23.9 Å². The summed E-state index contributed by atoms with van der Waals surface area (Å²) in [5.74, 6) is -2.94. The molecule has 0 spiro atoms. The van der Waals surface area contributed by atoms with Gasteiger partial charge in [-0.3, -0.25) is 9.59 Å². The van der Waals surface area contributed by atoms with Gasteiger partial charge in [0.1, 0.15) is 12.1 Å². The van der Waals surface area contributed by atoms with E-state index >= 15 is 0 Å². The standard InChI is InChI=1S/C10H15N3O5/c1-6(18-2)9(15)13-8(10(16)17)4-3-7(14)5-12-11/h5-6,8H,3-4H2,1-2H3,(H,13,15)(H,16,17)/t6-,8-/m0/s1/i2D3. The molecule has 0 aromatic carbocycles. The highest BCUT2D eigenvalue weighted by atomic mass is 16.5. The van der Waals surface area contributed by atoms with Gasteiger partial charge in [0, 0.05) is 13.5 Å². The van der Waals surface area contributed by atoms with Crippen LogP contribution < -0.4 is 5.32 Å². The number of nitrogens with zero attached hydrogens (tertiary/aromatic N) is 2. The minimum atomic E-state index is -2.79. The van der Waals surface area contributed by atoms with E-state index in [0.717, 1.165) is 6.92 Å². The number of amides is 1. The number of hydrogen-bond donors (Lipinski definition) is 2. The van der Waals surface area contributed by atoms with Crippen LogP contribution in [0.1, 0.15) is 23.9 Å². The van der Waals surface area contributed by atoms with Gasteiger partial charge in [-0.05, 0) is 13.3 Å². The van der Waals surface area contributed by atoms with Gasteiger partial charge >= 0.3 is 12.2 Å². The topological polar surface area (TPSA) is 129 Å². The Morgan fingerprint density at radius 1 is 1.61 bits per heavy atom. The highest BCUT2D eigenvalue weighted by molar-refractivity contribution is 6.25. The number of carbonyl (C=O) groups is 3. The maximum absolute atomic E-state index is 11.6. The van der Waals surface area contributed by atoms with E-state index in [9.17, 15) is 14.4 Å². The Kier molecular flexibility index (Phi) is 4.98. The summed E-state index contributed by atoms with van der Waals surface area (Å²) in [5.41, 5.74) is 8.13. The Balaban J connectivity index is 4.56. The Morgan fingerprint density at radius 2 is 2.28 bits per heavy atom. The van der Waals surface area contributed by atoms with E-state index in [4.69, 9.17) is 14.7 Å². The number of ketones is 1. The molecule has 8 nitrogen and oxygen atoms in total. The largest absolute Gasteiger partial charge is 0.480 e. The van der Waals surface area contributed by atoms with Gasteiger partial charge in [0.05, 0.1) is 4.11 Å². The van der Waals surface area contributed by atoms with Crippen LogP contribution in [-0.4, -0.2) is 53.0 Å². The lowest BCUT2D eigenvalue weighted by molar-refractivity contribution is -0.143. The zero-order chi connectivity index (χ0) is 16.6. The highest BCUT2D eigenvalue weighted by Crippen LogP contribution is 2.00. The summed E-state index contributed by atoms with van der Waals surface area (Å²) in [6.45, 7) is 1.16. The van der Waals surface area contributed by atoms with E-state index in [1.165, 1.54) is 0 Å². The Morgan fingerprint density at radius 3 is 2.78 bits per heavy atom. The molecular formula is C10H15N3O5. The van der Waals surface area contributed by atoms with Crippen LogP contribution in [0.25, 0.3) is 5.53 Å². The van der Waals surface area contributed by atoms with Crippen molar-refractivity contribution < 1.29 is 33.1 Å². The molecule has 0 heterocycles. The Labute approximate surface area is 108 Å². The molecule has 8 heteroatoms. The summed E-state index contributed by atoms with van der Waals surface area (Å²) >= 11 is 0. The van der Waals surface area contributed by atoms with Crippen molar-refractivity contribution in [2.75, 3.05) is 7.04 Å². The van der Waals surface area contributed by atoms with E-state index in [2.05, 4.69) is 14.8 Å². The van der Waals surface area contributed by atoms with Crippen LogP contribution in [0.5, 0.6) is 0 Å². The van der Waals surface area contributed by atoms with E-state index in [1.807, 2.05) is 0 Å². The minimum Gasteiger partial charge on any atom is -0.480 e. The van der Waals surface area contributed by atoms with E-state index < -0.39 is 36.8 Å². The molecule has 0 aliphatic rings. The fraction of sp³-hybridized carbons (Fsp3) is 0.600. The third-order valence-corrected chi connectivity index (χ3v) is 2.04. The van der Waals surface area contributed by atoms with Crippen molar-refractivity contribution in [2.45, 2.75) is 31.9 Å². The highest BCUT2D eigenvalue weighted by Gasteiger charge is 2.23. The molecule has 0 aromatic rings. The first-order valence-electron chi connectivity index (χ1n) is 6.48. The zero-order valence-electron chi connectivity index (χ0n) is 12.6. The maximum Gasteiger partial charge on any atom is 0.326 e. The van der Waals surface area contributed by atoms with Gasteiger partial charge in [-0.15, -0.1) is 0 Å². The molecule has 0 aliphatic heterocycles. The molecule has 0 saturated heterocycles. The number of Topliss-reactive ketones (excluding diaryl/α,β-unsaturated/α-hetero) is 1. The maximum atomic E-state index is 11.6. The predicted molar refractivity (Wildman–Crippen MR) is 60.0 cm³/mol. The number of carboxylic acid groups (broad SMARTS) is 1. The molecule has 0 unspecified atom stereocenters. The van der Waals surface area contributed by atoms with Gasteiger partial charge in [0.15, 0.2) is 0 Å². The van der Waals surface area contributed by atoms with Gasteiger partial charge in [-0.1, -0.05) is 0 Å². The quantitative estimate of drug-likeness (QED) is 0.336. The number of methoxy groups -OCH3 is 1. The fourth-order valence-corrected chi connectivity index (χ4v) is 1.02. The monoisotopic (exact) mass is 260 g/mol. The second-order valence-corrected chi connectivity index (χ2v) is 3.41. The van der Waals surface area contributed by atoms with E-state index in [1.54, 1.807) is 0 Å². The molecule has 0 radical (unpaired) electrons. The second kappa shape index (κ2) is 8.10. The van der Waals surface area contributed by atoms with Crippen molar-refractivity contribution in [2.24, 2.45) is 0 Å². The smallest absolute Gasteiger partial charge is 0.326 e. The van der Waals surface area contributed by atoms with Crippen molar-refractivity contribution in [3.63, 3.8) is 0 Å². The van der Waals surface area contributed by atoms with Crippen molar-refractivity contribution in [1.82, 2.24) is 5.32 Å².